The van der Waals surface area contributed by atoms with Gasteiger partial charge in [0.2, 0.25) is 5.91 Å². The molecular formula is C25H25F3N3O3S+. The molecule has 1 aromatic heterocycles. The van der Waals surface area contributed by atoms with Gasteiger partial charge in [-0.2, -0.15) is 13.2 Å². The molecule has 1 aliphatic heterocycles. The number of piperidine rings is 1. The number of rotatable bonds is 5. The predicted molar refractivity (Wildman–Crippen MR) is 124 cm³/mol. The Kier molecular flexibility index (Phi) is 6.44. The van der Waals surface area contributed by atoms with E-state index in [1.807, 2.05) is 30.5 Å². The standard InChI is InChI=1S/C25H24F3N3O3S/c1-24(2,35(33,34)22-5-3-4-20(12-22)25(26,27)28)19-10-11-31(23(32)13-19)21-8-6-17(7-9-21)18-14-29-16-30-15-18/h3-9,12,14-16,19H,10-11,13H2,1-2H3/p+1/t19-/m1/s1. The molecule has 2 aromatic carbocycles. The Bertz CT molecular complexity index is 1330. The molecule has 1 N–H and O–H groups in total. The van der Waals surface area contributed by atoms with Crippen LogP contribution in [0, 0.1) is 5.92 Å². The highest BCUT2D eigenvalue weighted by molar-refractivity contribution is 7.92. The van der Waals surface area contributed by atoms with Gasteiger partial charge in [-0.1, -0.05) is 23.2 Å². The molecule has 1 saturated heterocycles. The number of alkyl halides is 3. The first-order valence-electron chi connectivity index (χ1n) is 11.0. The molecule has 1 atom stereocenters. The van der Waals surface area contributed by atoms with Crippen LogP contribution in [0.4, 0.5) is 18.9 Å². The Morgan fingerprint density at radius 2 is 1.77 bits per heavy atom. The number of aromatic amines is 1. The van der Waals surface area contributed by atoms with Crippen LogP contribution >= 0.6 is 0 Å². The molecule has 3 aromatic rings. The number of hydrogen-bond acceptors (Lipinski definition) is 4. The summed E-state index contributed by atoms with van der Waals surface area (Å²) in [5, 5.41) is 0. The summed E-state index contributed by atoms with van der Waals surface area (Å²) in [6.07, 6.45) is 0.818. The van der Waals surface area contributed by atoms with Crippen molar-refractivity contribution in [3.63, 3.8) is 0 Å². The Morgan fingerprint density at radius 3 is 2.37 bits per heavy atom. The molecule has 1 aliphatic rings. The van der Waals surface area contributed by atoms with Crippen molar-refractivity contribution >= 4 is 21.4 Å². The van der Waals surface area contributed by atoms with Crippen LogP contribution in [0.5, 0.6) is 0 Å². The van der Waals surface area contributed by atoms with Crippen LogP contribution in [0.2, 0.25) is 0 Å². The second kappa shape index (κ2) is 9.07. The number of nitrogens with one attached hydrogen (secondary N) is 1. The lowest BCUT2D eigenvalue weighted by molar-refractivity contribution is -0.382. The number of amides is 1. The molecular weight excluding hydrogens is 479 g/mol. The van der Waals surface area contributed by atoms with Crippen molar-refractivity contribution in [3.8, 4) is 11.1 Å². The van der Waals surface area contributed by atoms with Crippen molar-refractivity contribution in [3.05, 3.63) is 72.8 Å². The molecule has 0 bridgehead atoms. The van der Waals surface area contributed by atoms with Gasteiger partial charge < -0.3 is 4.90 Å². The maximum atomic E-state index is 13.4. The number of carbonyl (C=O) groups is 1. The van der Waals surface area contributed by atoms with E-state index >= 15 is 0 Å². The first kappa shape index (κ1) is 24.8. The highest BCUT2D eigenvalue weighted by Gasteiger charge is 2.46. The summed E-state index contributed by atoms with van der Waals surface area (Å²) in [6, 6.07) is 11.2. The Hall–Kier alpha value is -3.27. The van der Waals surface area contributed by atoms with Gasteiger partial charge >= 0.3 is 6.18 Å². The number of halogens is 3. The van der Waals surface area contributed by atoms with E-state index in [9.17, 15) is 26.4 Å². The highest BCUT2D eigenvalue weighted by atomic mass is 32.2. The van der Waals surface area contributed by atoms with Crippen LogP contribution < -0.4 is 9.88 Å². The van der Waals surface area contributed by atoms with Crippen LogP contribution in [0.15, 0.2) is 72.1 Å². The van der Waals surface area contributed by atoms with Gasteiger partial charge in [0.1, 0.15) is 0 Å². The number of sulfone groups is 1. The molecule has 0 spiro atoms. The van der Waals surface area contributed by atoms with E-state index in [1.54, 1.807) is 17.4 Å². The Morgan fingerprint density at radius 1 is 1.06 bits per heavy atom. The van der Waals surface area contributed by atoms with Gasteiger partial charge in [0, 0.05) is 18.7 Å². The van der Waals surface area contributed by atoms with E-state index in [4.69, 9.17) is 0 Å². The summed E-state index contributed by atoms with van der Waals surface area (Å²) in [7, 11) is -4.14. The van der Waals surface area contributed by atoms with E-state index in [2.05, 4.69) is 9.97 Å². The minimum atomic E-state index is -4.65. The van der Waals surface area contributed by atoms with Crippen molar-refractivity contribution in [1.29, 1.82) is 0 Å². The first-order chi connectivity index (χ1) is 16.4. The second-order valence-corrected chi connectivity index (χ2v) is 11.6. The summed E-state index contributed by atoms with van der Waals surface area (Å²) in [5.41, 5.74) is 1.50. The summed E-state index contributed by atoms with van der Waals surface area (Å²) in [6.45, 7) is 3.27. The van der Waals surface area contributed by atoms with Crippen molar-refractivity contribution in [2.75, 3.05) is 11.4 Å². The molecule has 2 heterocycles. The lowest BCUT2D eigenvalue weighted by atomic mass is 9.85. The highest BCUT2D eigenvalue weighted by Crippen LogP contribution is 2.40. The maximum absolute atomic E-state index is 13.4. The van der Waals surface area contributed by atoms with Crippen molar-refractivity contribution in [2.24, 2.45) is 5.92 Å². The second-order valence-electron chi connectivity index (χ2n) is 9.09. The third kappa shape index (κ3) is 4.80. The van der Waals surface area contributed by atoms with Crippen molar-refractivity contribution in [1.82, 2.24) is 4.98 Å². The summed E-state index contributed by atoms with van der Waals surface area (Å²) >= 11 is 0. The van der Waals surface area contributed by atoms with Crippen molar-refractivity contribution in [2.45, 2.75) is 42.5 Å². The smallest absolute Gasteiger partial charge is 0.312 e. The zero-order valence-electron chi connectivity index (χ0n) is 19.2. The lowest BCUT2D eigenvalue weighted by Gasteiger charge is -2.39. The Labute approximate surface area is 201 Å². The van der Waals surface area contributed by atoms with Gasteiger partial charge in [0.15, 0.2) is 16.0 Å². The number of nitrogens with zero attached hydrogens (tertiary/aromatic N) is 2. The number of anilines is 1. The van der Waals surface area contributed by atoms with Crippen LogP contribution in [-0.2, 0) is 20.8 Å². The summed E-state index contributed by atoms with van der Waals surface area (Å²) < 4.78 is 64.7. The molecule has 184 valence electrons. The quantitative estimate of drug-likeness (QED) is 0.510. The van der Waals surface area contributed by atoms with E-state index < -0.39 is 37.1 Å². The molecule has 0 aliphatic carbocycles. The topological polar surface area (TPSA) is 81.5 Å². The molecule has 0 saturated carbocycles. The van der Waals surface area contributed by atoms with E-state index in [1.165, 1.54) is 19.9 Å². The van der Waals surface area contributed by atoms with E-state index in [0.717, 1.165) is 23.3 Å². The summed E-state index contributed by atoms with van der Waals surface area (Å²) in [5.74, 6) is -0.771. The van der Waals surface area contributed by atoms with Gasteiger partial charge in [-0.25, -0.2) is 13.4 Å². The molecule has 0 unspecified atom stereocenters. The van der Waals surface area contributed by atoms with Crippen LogP contribution in [0.3, 0.4) is 0 Å². The largest absolute Gasteiger partial charge is 0.416 e. The van der Waals surface area contributed by atoms with Gasteiger partial charge in [-0.3, -0.25) is 4.79 Å². The molecule has 1 amide bonds. The zero-order chi connectivity index (χ0) is 25.4. The minimum absolute atomic E-state index is 0.0233. The SMILES string of the molecule is CC(C)([C@@H]1CCN(c2ccc(-c3cnc[nH+]c3)cc2)C(=O)C1)S(=O)(=O)c1cccc(C(F)(F)F)c1. The number of hydrogen-bond donors (Lipinski definition) is 0. The predicted octanol–water partition coefficient (Wildman–Crippen LogP) is 4.58. The number of carbonyl (C=O) groups excluding carboxylic acids is 1. The molecule has 35 heavy (non-hydrogen) atoms. The molecule has 0 radical (unpaired) electrons. The zero-order valence-corrected chi connectivity index (χ0v) is 20.0. The third-order valence-corrected chi connectivity index (χ3v) is 9.28. The van der Waals surface area contributed by atoms with E-state index in [0.29, 0.717) is 24.7 Å². The minimum Gasteiger partial charge on any atom is -0.312 e. The van der Waals surface area contributed by atoms with Crippen LogP contribution in [0.25, 0.3) is 11.1 Å². The summed E-state index contributed by atoms with van der Waals surface area (Å²) in [4.78, 5) is 21.2. The molecule has 4 rings (SSSR count). The normalized spacial score (nSPS) is 17.5. The van der Waals surface area contributed by atoms with Gasteiger partial charge in [-0.15, -0.1) is 0 Å². The van der Waals surface area contributed by atoms with Crippen molar-refractivity contribution < 1.29 is 31.4 Å². The fourth-order valence-electron chi connectivity index (χ4n) is 4.38. The monoisotopic (exact) mass is 504 g/mol. The lowest BCUT2D eigenvalue weighted by Crippen LogP contribution is -2.48. The molecule has 1 fully saturated rings. The number of H-pyrrole nitrogens is 1. The van der Waals surface area contributed by atoms with E-state index in [-0.39, 0.29) is 12.3 Å². The number of aromatic nitrogens is 2. The van der Waals surface area contributed by atoms with Gasteiger partial charge in [0.25, 0.3) is 6.33 Å². The van der Waals surface area contributed by atoms with Gasteiger partial charge in [0.05, 0.1) is 27.0 Å². The maximum Gasteiger partial charge on any atom is 0.416 e. The third-order valence-electron chi connectivity index (χ3n) is 6.68. The van der Waals surface area contributed by atoms with Gasteiger partial charge in [-0.05, 0) is 62.1 Å². The average Bonchev–Trinajstić information content (AvgIpc) is 2.84. The van der Waals surface area contributed by atoms with Crippen LogP contribution in [-0.4, -0.2) is 30.6 Å². The first-order valence-corrected chi connectivity index (χ1v) is 12.5. The Balaban J connectivity index is 1.52. The van der Waals surface area contributed by atoms with Crippen LogP contribution in [0.1, 0.15) is 32.3 Å². The number of benzene rings is 2. The fourth-order valence-corrected chi connectivity index (χ4v) is 6.17. The average molecular weight is 505 g/mol. The fraction of sp³-hybridized carbons (Fsp3) is 0.320. The molecule has 10 heteroatoms. The molecule has 6 nitrogen and oxygen atoms in total.